The molecule has 2 aromatic rings. The van der Waals surface area contributed by atoms with Crippen LogP contribution in [0.4, 0.5) is 4.79 Å². The molecule has 0 N–H and O–H groups in total. The molecule has 1 aromatic heterocycles. The minimum Gasteiger partial charge on any atom is -0.423 e. The van der Waals surface area contributed by atoms with Gasteiger partial charge in [0.25, 0.3) is 0 Å². The summed E-state index contributed by atoms with van der Waals surface area (Å²) in [6.07, 6.45) is 3.59. The van der Waals surface area contributed by atoms with Crippen LogP contribution in [0.2, 0.25) is 5.02 Å². The summed E-state index contributed by atoms with van der Waals surface area (Å²) >= 11 is 6.21. The highest BCUT2D eigenvalue weighted by Gasteiger charge is 2.49. The third-order valence-corrected chi connectivity index (χ3v) is 6.33. The maximum atomic E-state index is 13.0. The summed E-state index contributed by atoms with van der Waals surface area (Å²) in [7, 11) is 0. The van der Waals surface area contributed by atoms with Crippen molar-refractivity contribution in [2.24, 2.45) is 5.92 Å². The van der Waals surface area contributed by atoms with E-state index in [1.807, 2.05) is 6.92 Å². The molecule has 1 aliphatic carbocycles. The van der Waals surface area contributed by atoms with Gasteiger partial charge in [-0.25, -0.2) is 9.59 Å². The van der Waals surface area contributed by atoms with Crippen molar-refractivity contribution >= 4 is 40.4 Å². The van der Waals surface area contributed by atoms with E-state index in [0.29, 0.717) is 28.0 Å². The van der Waals surface area contributed by atoms with Crippen molar-refractivity contribution in [1.82, 2.24) is 9.80 Å². The first-order valence-electron chi connectivity index (χ1n) is 9.70. The Morgan fingerprint density at radius 1 is 1.07 bits per heavy atom. The molecule has 1 aliphatic heterocycles. The molecule has 2 atom stereocenters. The van der Waals surface area contributed by atoms with Crippen LogP contribution in [0.1, 0.15) is 43.7 Å². The molecule has 152 valence electrons. The van der Waals surface area contributed by atoms with Crippen LogP contribution in [0.3, 0.4) is 0 Å². The van der Waals surface area contributed by atoms with E-state index in [2.05, 4.69) is 0 Å². The maximum absolute atomic E-state index is 13.0. The van der Waals surface area contributed by atoms with Gasteiger partial charge in [0.15, 0.2) is 0 Å². The summed E-state index contributed by atoms with van der Waals surface area (Å²) in [5.41, 5.74) is 0.863. The Hall–Kier alpha value is -2.67. The topological polar surface area (TPSA) is 87.9 Å². The first-order chi connectivity index (χ1) is 13.8. The van der Waals surface area contributed by atoms with Gasteiger partial charge in [0.2, 0.25) is 0 Å². The molecule has 0 spiro atoms. The molecular formula is C21H21ClN2O5. The Labute approximate surface area is 172 Å². The fourth-order valence-electron chi connectivity index (χ4n) is 4.28. The number of hydrogen-bond donors (Lipinski definition) is 0. The number of urea groups is 1. The number of carbonyl (C=O) groups excluding carboxylic acids is 3. The quantitative estimate of drug-likeness (QED) is 0.433. The Bertz CT molecular complexity index is 1090. The number of hydrogen-bond acceptors (Lipinski definition) is 5. The number of aryl methyl sites for hydroxylation is 1. The van der Waals surface area contributed by atoms with E-state index in [1.54, 1.807) is 19.1 Å². The van der Waals surface area contributed by atoms with Crippen molar-refractivity contribution in [2.45, 2.75) is 52.1 Å². The van der Waals surface area contributed by atoms with Crippen LogP contribution >= 0.6 is 11.6 Å². The summed E-state index contributed by atoms with van der Waals surface area (Å²) in [5.74, 6) is -1.52. The summed E-state index contributed by atoms with van der Waals surface area (Å²) < 4.78 is 5.23. The zero-order valence-corrected chi connectivity index (χ0v) is 17.0. The van der Waals surface area contributed by atoms with E-state index in [-0.39, 0.29) is 18.5 Å². The molecule has 0 radical (unpaired) electrons. The van der Waals surface area contributed by atoms with Crippen molar-refractivity contribution in [2.75, 3.05) is 0 Å². The third-order valence-electron chi connectivity index (χ3n) is 5.92. The molecule has 0 bridgehead atoms. The molecule has 1 saturated heterocycles. The summed E-state index contributed by atoms with van der Waals surface area (Å²) in [4.78, 5) is 52.2. The number of rotatable bonds is 3. The fourth-order valence-corrected chi connectivity index (χ4v) is 4.45. The fraction of sp³-hybridized carbons (Fsp3) is 0.429. The molecule has 1 saturated carbocycles. The number of nitrogens with zero attached hydrogens (tertiary/aromatic N) is 2. The van der Waals surface area contributed by atoms with Gasteiger partial charge in [0, 0.05) is 22.5 Å². The molecule has 4 amide bonds. The van der Waals surface area contributed by atoms with Gasteiger partial charge >= 0.3 is 23.5 Å². The zero-order valence-electron chi connectivity index (χ0n) is 16.2. The number of amides is 4. The van der Waals surface area contributed by atoms with Gasteiger partial charge in [-0.2, -0.15) is 0 Å². The number of benzene rings is 1. The lowest BCUT2D eigenvalue weighted by atomic mass is 9.85. The number of halogens is 1. The molecule has 2 fully saturated rings. The van der Waals surface area contributed by atoms with E-state index in [1.165, 1.54) is 6.07 Å². The number of carbonyl (C=O) groups is 3. The standard InChI is InChI=1S/C21H21ClN2O5/c1-11-5-3-4-6-16(11)24-20(27)19(26)23(21(24)28)10-13-8-18(25)29-17-7-12(2)15(22)9-14(13)17/h7-9,11,16H,3-6,10H2,1-2H3/t11-,16-/m1/s1. The molecule has 1 aromatic carbocycles. The second-order valence-corrected chi connectivity index (χ2v) is 8.27. The summed E-state index contributed by atoms with van der Waals surface area (Å²) in [6, 6.07) is 3.60. The van der Waals surface area contributed by atoms with Crippen molar-refractivity contribution < 1.29 is 18.8 Å². The normalized spacial score (nSPS) is 22.8. The monoisotopic (exact) mass is 416 g/mol. The predicted octanol–water partition coefficient (Wildman–Crippen LogP) is 3.62. The molecule has 2 aliphatic rings. The van der Waals surface area contributed by atoms with Crippen LogP contribution in [0, 0.1) is 12.8 Å². The largest absolute Gasteiger partial charge is 0.423 e. The molecular weight excluding hydrogens is 396 g/mol. The molecule has 8 heteroatoms. The lowest BCUT2D eigenvalue weighted by molar-refractivity contribution is -0.144. The Morgan fingerprint density at radius 3 is 2.52 bits per heavy atom. The lowest BCUT2D eigenvalue weighted by Gasteiger charge is -2.34. The van der Waals surface area contributed by atoms with Gasteiger partial charge in [0.1, 0.15) is 5.58 Å². The van der Waals surface area contributed by atoms with Crippen molar-refractivity contribution in [1.29, 1.82) is 0 Å². The van der Waals surface area contributed by atoms with Gasteiger partial charge in [-0.1, -0.05) is 31.4 Å². The van der Waals surface area contributed by atoms with Gasteiger partial charge in [0.05, 0.1) is 6.54 Å². The van der Waals surface area contributed by atoms with Gasteiger partial charge in [-0.15, -0.1) is 0 Å². The average molecular weight is 417 g/mol. The third kappa shape index (κ3) is 3.33. The Kier molecular flexibility index (Phi) is 4.94. The van der Waals surface area contributed by atoms with Crippen LogP contribution in [0.15, 0.2) is 27.4 Å². The predicted molar refractivity (Wildman–Crippen MR) is 106 cm³/mol. The van der Waals surface area contributed by atoms with E-state index in [9.17, 15) is 19.2 Å². The molecule has 29 heavy (non-hydrogen) atoms. The zero-order chi connectivity index (χ0) is 20.9. The van der Waals surface area contributed by atoms with Crippen LogP contribution in [0.5, 0.6) is 0 Å². The molecule has 0 unspecified atom stereocenters. The SMILES string of the molecule is Cc1cc2oc(=O)cc(CN3C(=O)C(=O)N([C@@H]4CCCC[C@H]4C)C3=O)c2cc1Cl. The van der Waals surface area contributed by atoms with Crippen LogP contribution < -0.4 is 5.63 Å². The van der Waals surface area contributed by atoms with E-state index < -0.39 is 23.5 Å². The van der Waals surface area contributed by atoms with E-state index in [4.69, 9.17) is 16.0 Å². The van der Waals surface area contributed by atoms with Crippen LogP contribution in [-0.2, 0) is 16.1 Å². The minimum absolute atomic E-state index is 0.149. The van der Waals surface area contributed by atoms with Crippen molar-refractivity contribution in [3.63, 3.8) is 0 Å². The van der Waals surface area contributed by atoms with E-state index >= 15 is 0 Å². The van der Waals surface area contributed by atoms with Gasteiger partial charge in [-0.3, -0.25) is 19.4 Å². The van der Waals surface area contributed by atoms with E-state index in [0.717, 1.165) is 34.6 Å². The Balaban J connectivity index is 1.70. The summed E-state index contributed by atoms with van der Waals surface area (Å²) in [6.45, 7) is 3.59. The van der Waals surface area contributed by atoms with Crippen molar-refractivity contribution in [3.8, 4) is 0 Å². The summed E-state index contributed by atoms with van der Waals surface area (Å²) in [5, 5.41) is 0.998. The van der Waals surface area contributed by atoms with Crippen LogP contribution in [-0.4, -0.2) is 33.7 Å². The highest BCUT2D eigenvalue weighted by atomic mass is 35.5. The highest BCUT2D eigenvalue weighted by Crippen LogP contribution is 2.32. The lowest BCUT2D eigenvalue weighted by Crippen LogP contribution is -2.46. The second kappa shape index (κ2) is 7.30. The van der Waals surface area contributed by atoms with Gasteiger partial charge < -0.3 is 4.42 Å². The number of fused-ring (bicyclic) bond motifs is 1. The van der Waals surface area contributed by atoms with Crippen LogP contribution in [0.25, 0.3) is 11.0 Å². The Morgan fingerprint density at radius 2 is 1.79 bits per heavy atom. The maximum Gasteiger partial charge on any atom is 0.336 e. The minimum atomic E-state index is -0.868. The average Bonchev–Trinajstić information content (AvgIpc) is 2.87. The highest BCUT2D eigenvalue weighted by molar-refractivity contribution is 6.44. The molecule has 2 heterocycles. The number of imide groups is 2. The second-order valence-electron chi connectivity index (χ2n) is 7.87. The van der Waals surface area contributed by atoms with Crippen molar-refractivity contribution in [3.05, 3.63) is 44.8 Å². The van der Waals surface area contributed by atoms with Gasteiger partial charge in [-0.05, 0) is 48.9 Å². The first-order valence-corrected chi connectivity index (χ1v) is 10.1. The smallest absolute Gasteiger partial charge is 0.336 e. The molecule has 7 nitrogen and oxygen atoms in total. The molecule has 4 rings (SSSR count). The first kappa shape index (κ1) is 19.6.